The smallest absolute Gasteiger partial charge is 0.226 e. The highest BCUT2D eigenvalue weighted by Crippen LogP contribution is 2.24. The van der Waals surface area contributed by atoms with E-state index in [1.807, 2.05) is 13.8 Å². The summed E-state index contributed by atoms with van der Waals surface area (Å²) in [5, 5.41) is 3.94. The first-order chi connectivity index (χ1) is 6.13. The molecule has 1 aromatic rings. The quantitative estimate of drug-likeness (QED) is 0.779. The molecule has 3 N–H and O–H groups in total. The minimum Gasteiger partial charge on any atom is -0.389 e. The van der Waals surface area contributed by atoms with Crippen LogP contribution >= 0.6 is 11.3 Å². The second-order valence-electron chi connectivity index (χ2n) is 2.77. The van der Waals surface area contributed by atoms with Gasteiger partial charge in [0.15, 0.2) is 5.13 Å². The van der Waals surface area contributed by atoms with Crippen molar-refractivity contribution < 1.29 is 4.79 Å². The predicted octanol–water partition coefficient (Wildman–Crippen LogP) is 1.77. The molecule has 0 spiro atoms. The van der Waals surface area contributed by atoms with Crippen molar-refractivity contribution in [2.75, 3.05) is 11.1 Å². The number of anilines is 2. The molecule has 0 saturated heterocycles. The van der Waals surface area contributed by atoms with Crippen LogP contribution in [0.25, 0.3) is 0 Å². The van der Waals surface area contributed by atoms with Gasteiger partial charge >= 0.3 is 0 Å². The third-order valence-corrected chi connectivity index (χ3v) is 2.46. The van der Waals surface area contributed by atoms with E-state index < -0.39 is 0 Å². The molecule has 0 aromatic carbocycles. The number of nitrogens with one attached hydrogen (secondary N) is 1. The van der Waals surface area contributed by atoms with Crippen molar-refractivity contribution in [1.82, 2.24) is 4.98 Å². The van der Waals surface area contributed by atoms with Gasteiger partial charge in [-0.3, -0.25) is 4.79 Å². The van der Waals surface area contributed by atoms with Crippen LogP contribution < -0.4 is 11.1 Å². The summed E-state index contributed by atoms with van der Waals surface area (Å²) >= 11 is 1.30. The van der Waals surface area contributed by atoms with Gasteiger partial charge in [0.05, 0.1) is 5.69 Å². The average Bonchev–Trinajstić information content (AvgIpc) is 2.31. The zero-order chi connectivity index (χ0) is 9.84. The summed E-state index contributed by atoms with van der Waals surface area (Å²) in [7, 11) is 0. The number of carbonyl (C=O) groups is 1. The summed E-state index contributed by atoms with van der Waals surface area (Å²) in [6.45, 7) is 3.78. The standard InChI is InChI=1S/C8H13N3OS/c1-3-4-6(12)11-8-10-5(2)7(9)13-8/h3-4,9H2,1-2H3,(H,10,11,12). The minimum atomic E-state index is -0.00347. The summed E-state index contributed by atoms with van der Waals surface area (Å²) in [5.74, 6) is -0.00347. The molecule has 0 aliphatic rings. The minimum absolute atomic E-state index is 0.00347. The highest BCUT2D eigenvalue weighted by atomic mass is 32.1. The van der Waals surface area contributed by atoms with E-state index in [0.717, 1.165) is 12.1 Å². The lowest BCUT2D eigenvalue weighted by molar-refractivity contribution is -0.116. The van der Waals surface area contributed by atoms with E-state index in [-0.39, 0.29) is 5.91 Å². The van der Waals surface area contributed by atoms with Gasteiger partial charge in [0.2, 0.25) is 5.91 Å². The molecular formula is C8H13N3OS. The lowest BCUT2D eigenvalue weighted by Gasteiger charge is -1.97. The lowest BCUT2D eigenvalue weighted by atomic mass is 10.3. The molecule has 1 heterocycles. The number of hydrogen-bond donors (Lipinski definition) is 2. The van der Waals surface area contributed by atoms with E-state index in [4.69, 9.17) is 5.73 Å². The van der Waals surface area contributed by atoms with Crippen LogP contribution in [0.2, 0.25) is 0 Å². The summed E-state index contributed by atoms with van der Waals surface area (Å²) < 4.78 is 0. The summed E-state index contributed by atoms with van der Waals surface area (Å²) in [4.78, 5) is 15.2. The van der Waals surface area contributed by atoms with Gasteiger partial charge in [0, 0.05) is 6.42 Å². The number of rotatable bonds is 3. The molecule has 0 unspecified atom stereocenters. The van der Waals surface area contributed by atoms with Crippen LogP contribution in [0.1, 0.15) is 25.5 Å². The number of aromatic nitrogens is 1. The molecule has 0 bridgehead atoms. The Morgan fingerprint density at radius 1 is 1.69 bits per heavy atom. The van der Waals surface area contributed by atoms with Crippen molar-refractivity contribution in [1.29, 1.82) is 0 Å². The maximum absolute atomic E-state index is 11.1. The van der Waals surface area contributed by atoms with Gasteiger partial charge < -0.3 is 11.1 Å². The summed E-state index contributed by atoms with van der Waals surface area (Å²) in [5.41, 5.74) is 6.37. The molecule has 72 valence electrons. The number of aryl methyl sites for hydroxylation is 1. The molecule has 0 aliphatic carbocycles. The predicted molar refractivity (Wildman–Crippen MR) is 54.8 cm³/mol. The van der Waals surface area contributed by atoms with E-state index in [1.165, 1.54) is 11.3 Å². The van der Waals surface area contributed by atoms with Gasteiger partial charge in [0.1, 0.15) is 5.00 Å². The number of nitrogens with two attached hydrogens (primary N) is 1. The maximum Gasteiger partial charge on any atom is 0.226 e. The van der Waals surface area contributed by atoms with Gasteiger partial charge in [-0.1, -0.05) is 18.3 Å². The fourth-order valence-corrected chi connectivity index (χ4v) is 1.62. The number of nitrogen functional groups attached to an aromatic ring is 1. The Kier molecular flexibility index (Phi) is 3.25. The fourth-order valence-electron chi connectivity index (χ4n) is 0.871. The van der Waals surface area contributed by atoms with Gasteiger partial charge in [-0.05, 0) is 13.3 Å². The molecular weight excluding hydrogens is 186 g/mol. The largest absolute Gasteiger partial charge is 0.389 e. The number of carbonyl (C=O) groups excluding carboxylic acids is 1. The molecule has 1 rings (SSSR count). The van der Waals surface area contributed by atoms with Gasteiger partial charge in [-0.2, -0.15) is 0 Å². The Morgan fingerprint density at radius 3 is 2.85 bits per heavy atom. The summed E-state index contributed by atoms with van der Waals surface area (Å²) in [6, 6.07) is 0. The Morgan fingerprint density at radius 2 is 2.38 bits per heavy atom. The molecule has 5 heteroatoms. The normalized spacial score (nSPS) is 10.0. The molecule has 0 aliphatic heterocycles. The number of hydrogen-bond acceptors (Lipinski definition) is 4. The van der Waals surface area contributed by atoms with E-state index in [2.05, 4.69) is 10.3 Å². The van der Waals surface area contributed by atoms with Crippen molar-refractivity contribution in [2.45, 2.75) is 26.7 Å². The second-order valence-corrected chi connectivity index (χ2v) is 3.80. The van der Waals surface area contributed by atoms with Crippen LogP contribution in [0, 0.1) is 6.92 Å². The monoisotopic (exact) mass is 199 g/mol. The molecule has 13 heavy (non-hydrogen) atoms. The fraction of sp³-hybridized carbons (Fsp3) is 0.500. The van der Waals surface area contributed by atoms with Gasteiger partial charge in [0.25, 0.3) is 0 Å². The van der Waals surface area contributed by atoms with Crippen molar-refractivity contribution >= 4 is 27.4 Å². The van der Waals surface area contributed by atoms with Crippen LogP contribution in [0.3, 0.4) is 0 Å². The first-order valence-corrected chi connectivity index (χ1v) is 4.98. The number of amides is 1. The topological polar surface area (TPSA) is 68.0 Å². The third-order valence-electron chi connectivity index (χ3n) is 1.56. The maximum atomic E-state index is 11.1. The molecule has 1 amide bonds. The van der Waals surface area contributed by atoms with E-state index in [0.29, 0.717) is 16.6 Å². The molecule has 0 radical (unpaired) electrons. The Labute approximate surface area is 81.2 Å². The SMILES string of the molecule is CCCC(=O)Nc1nc(C)c(N)s1. The van der Waals surface area contributed by atoms with Crippen molar-refractivity contribution in [3.63, 3.8) is 0 Å². The molecule has 0 fully saturated rings. The van der Waals surface area contributed by atoms with Crippen LogP contribution in [-0.4, -0.2) is 10.9 Å². The molecule has 0 saturated carbocycles. The van der Waals surface area contributed by atoms with Crippen LogP contribution in [0.15, 0.2) is 0 Å². The Balaban J connectivity index is 2.59. The van der Waals surface area contributed by atoms with Gasteiger partial charge in [-0.15, -0.1) is 0 Å². The first kappa shape index (κ1) is 9.98. The summed E-state index contributed by atoms with van der Waals surface area (Å²) in [6.07, 6.45) is 1.37. The van der Waals surface area contributed by atoms with E-state index in [1.54, 1.807) is 0 Å². The highest BCUT2D eigenvalue weighted by Gasteiger charge is 2.06. The van der Waals surface area contributed by atoms with Crippen LogP contribution in [0.5, 0.6) is 0 Å². The Hall–Kier alpha value is -1.10. The average molecular weight is 199 g/mol. The van der Waals surface area contributed by atoms with Crippen LogP contribution in [0.4, 0.5) is 10.1 Å². The van der Waals surface area contributed by atoms with Crippen molar-refractivity contribution in [2.24, 2.45) is 0 Å². The highest BCUT2D eigenvalue weighted by molar-refractivity contribution is 7.19. The molecule has 4 nitrogen and oxygen atoms in total. The number of nitrogens with zero attached hydrogens (tertiary/aromatic N) is 1. The second kappa shape index (κ2) is 4.23. The van der Waals surface area contributed by atoms with Crippen molar-refractivity contribution in [3.05, 3.63) is 5.69 Å². The van der Waals surface area contributed by atoms with E-state index in [9.17, 15) is 4.79 Å². The first-order valence-electron chi connectivity index (χ1n) is 4.16. The van der Waals surface area contributed by atoms with Crippen LogP contribution in [-0.2, 0) is 4.79 Å². The third kappa shape index (κ3) is 2.69. The van der Waals surface area contributed by atoms with Crippen molar-refractivity contribution in [3.8, 4) is 0 Å². The van der Waals surface area contributed by atoms with Gasteiger partial charge in [-0.25, -0.2) is 4.98 Å². The molecule has 1 aromatic heterocycles. The Bertz CT molecular complexity index is 289. The number of thiazole rings is 1. The molecule has 0 atom stereocenters. The zero-order valence-corrected chi connectivity index (χ0v) is 8.57. The van der Waals surface area contributed by atoms with E-state index >= 15 is 0 Å². The zero-order valence-electron chi connectivity index (χ0n) is 7.76. The lowest BCUT2D eigenvalue weighted by Crippen LogP contribution is -2.10.